The Morgan fingerprint density at radius 3 is 2.43 bits per heavy atom. The number of amides is 1. The maximum absolute atomic E-state index is 13.7. The number of halogens is 1. The van der Waals surface area contributed by atoms with E-state index in [9.17, 15) is 13.2 Å². The molecule has 3 aromatic rings. The molecule has 1 atom stereocenters. The van der Waals surface area contributed by atoms with Crippen molar-refractivity contribution >= 4 is 33.2 Å². The summed E-state index contributed by atoms with van der Waals surface area (Å²) in [6, 6.07) is 18.0. The molecule has 0 saturated heterocycles. The van der Waals surface area contributed by atoms with Gasteiger partial charge in [-0.25, -0.2) is 8.42 Å². The van der Waals surface area contributed by atoms with Gasteiger partial charge in [0.2, 0.25) is 5.91 Å². The summed E-state index contributed by atoms with van der Waals surface area (Å²) >= 11 is 5.98. The summed E-state index contributed by atoms with van der Waals surface area (Å²) in [5, 5.41) is 3.46. The van der Waals surface area contributed by atoms with Crippen molar-refractivity contribution in [3.8, 4) is 11.5 Å². The fourth-order valence-corrected chi connectivity index (χ4v) is 5.93. The fraction of sp³-hybridized carbons (Fsp3) is 0.321. The standard InChI is InChI=1S/C28H31ClN2O5S/c1-5-35-22-11-9-21(10-12-22)31(37(33,34)23-13-7-20(29)8-14-23)18-27(32)30-25-17-28(3,4)36-26-16-19(2)6-15-24(25)26/h6-16,25H,5,17-18H2,1-4H3,(H,30,32). The van der Waals surface area contributed by atoms with Crippen LogP contribution in [0.4, 0.5) is 5.69 Å². The van der Waals surface area contributed by atoms with E-state index in [1.165, 1.54) is 24.3 Å². The molecule has 0 fully saturated rings. The maximum Gasteiger partial charge on any atom is 0.264 e. The van der Waals surface area contributed by atoms with Crippen LogP contribution in [-0.2, 0) is 14.8 Å². The number of benzene rings is 3. The van der Waals surface area contributed by atoms with Gasteiger partial charge in [-0.15, -0.1) is 0 Å². The minimum atomic E-state index is -4.07. The zero-order chi connectivity index (χ0) is 26.8. The second kappa shape index (κ2) is 10.6. The maximum atomic E-state index is 13.7. The van der Waals surface area contributed by atoms with Crippen molar-refractivity contribution in [1.82, 2.24) is 5.32 Å². The number of ether oxygens (including phenoxy) is 2. The van der Waals surface area contributed by atoms with Crippen molar-refractivity contribution in [3.63, 3.8) is 0 Å². The SMILES string of the molecule is CCOc1ccc(N(CC(=O)NC2CC(C)(C)Oc3cc(C)ccc32)S(=O)(=O)c2ccc(Cl)cc2)cc1. The highest BCUT2D eigenvalue weighted by molar-refractivity contribution is 7.92. The summed E-state index contributed by atoms with van der Waals surface area (Å²) in [5.74, 6) is 0.898. The summed E-state index contributed by atoms with van der Waals surface area (Å²) in [5.41, 5.74) is 1.77. The Morgan fingerprint density at radius 2 is 1.78 bits per heavy atom. The van der Waals surface area contributed by atoms with Gasteiger partial charge >= 0.3 is 0 Å². The molecule has 1 N–H and O–H groups in total. The van der Waals surface area contributed by atoms with Crippen molar-refractivity contribution in [3.05, 3.63) is 82.9 Å². The summed E-state index contributed by atoms with van der Waals surface area (Å²) < 4.78 is 40.1. The van der Waals surface area contributed by atoms with Gasteiger partial charge in [-0.2, -0.15) is 0 Å². The number of fused-ring (bicyclic) bond motifs is 1. The molecule has 0 saturated carbocycles. The summed E-state index contributed by atoms with van der Waals surface area (Å²) in [6.07, 6.45) is 0.543. The first kappa shape index (κ1) is 26.8. The number of hydrogen-bond acceptors (Lipinski definition) is 5. The van der Waals surface area contributed by atoms with Gasteiger partial charge in [0.1, 0.15) is 23.6 Å². The Bertz CT molecular complexity index is 1370. The lowest BCUT2D eigenvalue weighted by Crippen LogP contribution is -2.45. The molecule has 0 bridgehead atoms. The largest absolute Gasteiger partial charge is 0.494 e. The molecule has 196 valence electrons. The van der Waals surface area contributed by atoms with Gasteiger partial charge in [-0.1, -0.05) is 23.7 Å². The fourth-order valence-electron chi connectivity index (χ4n) is 4.38. The van der Waals surface area contributed by atoms with Gasteiger partial charge in [0.15, 0.2) is 0 Å². The van der Waals surface area contributed by atoms with E-state index in [-0.39, 0.29) is 10.9 Å². The van der Waals surface area contributed by atoms with Crippen LogP contribution < -0.4 is 19.1 Å². The average molecular weight is 543 g/mol. The highest BCUT2D eigenvalue weighted by Crippen LogP contribution is 2.40. The van der Waals surface area contributed by atoms with Crippen LogP contribution >= 0.6 is 11.6 Å². The molecule has 1 unspecified atom stereocenters. The van der Waals surface area contributed by atoms with Crippen LogP contribution in [-0.4, -0.2) is 33.1 Å². The Kier molecular flexibility index (Phi) is 7.71. The number of rotatable bonds is 8. The molecule has 3 aromatic carbocycles. The van der Waals surface area contributed by atoms with E-state index in [1.54, 1.807) is 24.3 Å². The number of aryl methyl sites for hydroxylation is 1. The number of anilines is 1. The average Bonchev–Trinajstić information content (AvgIpc) is 2.82. The number of carbonyl (C=O) groups excluding carboxylic acids is 1. The topological polar surface area (TPSA) is 84.9 Å². The molecular weight excluding hydrogens is 512 g/mol. The quantitative estimate of drug-likeness (QED) is 0.397. The van der Waals surface area contributed by atoms with Crippen molar-refractivity contribution in [2.24, 2.45) is 0 Å². The number of carbonyl (C=O) groups is 1. The molecule has 0 spiro atoms. The van der Waals surface area contributed by atoms with Crippen molar-refractivity contribution in [2.45, 2.75) is 50.7 Å². The van der Waals surface area contributed by atoms with Gasteiger partial charge in [-0.3, -0.25) is 9.10 Å². The third kappa shape index (κ3) is 6.19. The zero-order valence-corrected chi connectivity index (χ0v) is 22.9. The van der Waals surface area contributed by atoms with Crippen LogP contribution in [0.15, 0.2) is 71.6 Å². The van der Waals surface area contributed by atoms with E-state index in [4.69, 9.17) is 21.1 Å². The van der Waals surface area contributed by atoms with Crippen molar-refractivity contribution in [2.75, 3.05) is 17.5 Å². The number of nitrogens with zero attached hydrogens (tertiary/aromatic N) is 1. The van der Waals surface area contributed by atoms with Crippen LogP contribution in [0, 0.1) is 6.92 Å². The molecule has 37 heavy (non-hydrogen) atoms. The molecule has 1 aliphatic rings. The van der Waals surface area contributed by atoms with Crippen LogP contribution in [0.25, 0.3) is 0 Å². The van der Waals surface area contributed by atoms with E-state index in [1.807, 2.05) is 45.9 Å². The Labute approximate surface area is 223 Å². The van der Waals surface area contributed by atoms with E-state index in [2.05, 4.69) is 5.32 Å². The molecule has 0 aliphatic carbocycles. The van der Waals surface area contributed by atoms with Gasteiger partial charge in [0, 0.05) is 17.0 Å². The first-order chi connectivity index (χ1) is 17.5. The minimum absolute atomic E-state index is 0.0339. The Hall–Kier alpha value is -3.23. The number of hydrogen-bond donors (Lipinski definition) is 1. The molecule has 1 aliphatic heterocycles. The predicted octanol–water partition coefficient (Wildman–Crippen LogP) is 5.66. The van der Waals surface area contributed by atoms with E-state index in [0.717, 1.165) is 21.2 Å². The van der Waals surface area contributed by atoms with Crippen LogP contribution in [0.3, 0.4) is 0 Å². The summed E-state index contributed by atoms with van der Waals surface area (Å²) in [6.45, 7) is 7.86. The molecule has 1 amide bonds. The predicted molar refractivity (Wildman–Crippen MR) is 145 cm³/mol. The lowest BCUT2D eigenvalue weighted by Gasteiger charge is -2.38. The summed E-state index contributed by atoms with van der Waals surface area (Å²) in [7, 11) is -4.07. The second-order valence-electron chi connectivity index (χ2n) is 9.62. The summed E-state index contributed by atoms with van der Waals surface area (Å²) in [4.78, 5) is 13.4. The van der Waals surface area contributed by atoms with Crippen LogP contribution in [0.5, 0.6) is 11.5 Å². The molecule has 0 radical (unpaired) electrons. The van der Waals surface area contributed by atoms with Crippen LogP contribution in [0.1, 0.15) is 44.4 Å². The van der Waals surface area contributed by atoms with Crippen LogP contribution in [0.2, 0.25) is 5.02 Å². The van der Waals surface area contributed by atoms with E-state index < -0.39 is 28.1 Å². The van der Waals surface area contributed by atoms with Crippen molar-refractivity contribution < 1.29 is 22.7 Å². The van der Waals surface area contributed by atoms with Crippen molar-refractivity contribution in [1.29, 1.82) is 0 Å². The van der Waals surface area contributed by atoms with E-state index >= 15 is 0 Å². The number of sulfonamides is 1. The molecule has 7 nitrogen and oxygen atoms in total. The molecule has 4 rings (SSSR count). The molecule has 0 aromatic heterocycles. The third-order valence-corrected chi connectivity index (χ3v) is 8.13. The lowest BCUT2D eigenvalue weighted by molar-refractivity contribution is -0.120. The molecule has 9 heteroatoms. The van der Waals surface area contributed by atoms with Gasteiger partial charge in [0.25, 0.3) is 10.0 Å². The normalized spacial score (nSPS) is 16.3. The smallest absolute Gasteiger partial charge is 0.264 e. The van der Waals surface area contributed by atoms with Gasteiger partial charge in [-0.05, 0) is 87.9 Å². The van der Waals surface area contributed by atoms with Gasteiger partial charge in [0.05, 0.1) is 23.2 Å². The molecule has 1 heterocycles. The Balaban J connectivity index is 1.64. The second-order valence-corrected chi connectivity index (χ2v) is 11.9. The molecular formula is C28H31ClN2O5S. The monoisotopic (exact) mass is 542 g/mol. The van der Waals surface area contributed by atoms with E-state index in [0.29, 0.717) is 29.5 Å². The third-order valence-electron chi connectivity index (χ3n) is 6.09. The first-order valence-electron chi connectivity index (χ1n) is 12.1. The highest BCUT2D eigenvalue weighted by Gasteiger charge is 2.35. The zero-order valence-electron chi connectivity index (χ0n) is 21.3. The Morgan fingerprint density at radius 1 is 1.11 bits per heavy atom. The van der Waals surface area contributed by atoms with Gasteiger partial charge < -0.3 is 14.8 Å². The first-order valence-corrected chi connectivity index (χ1v) is 13.9. The highest BCUT2D eigenvalue weighted by atomic mass is 35.5. The lowest BCUT2D eigenvalue weighted by atomic mass is 9.89. The number of nitrogens with one attached hydrogen (secondary N) is 1. The minimum Gasteiger partial charge on any atom is -0.494 e.